The number of aromatic nitrogens is 4. The van der Waals surface area contributed by atoms with E-state index in [4.69, 9.17) is 16.3 Å². The zero-order chi connectivity index (χ0) is 13.0. The first-order valence-electron chi connectivity index (χ1n) is 5.69. The van der Waals surface area contributed by atoms with Gasteiger partial charge >= 0.3 is 5.97 Å². The molecule has 0 fully saturated rings. The van der Waals surface area contributed by atoms with Gasteiger partial charge in [0, 0.05) is 13.0 Å². The summed E-state index contributed by atoms with van der Waals surface area (Å²) >= 11 is 5.90. The van der Waals surface area contributed by atoms with E-state index in [-0.39, 0.29) is 5.97 Å². The van der Waals surface area contributed by atoms with Gasteiger partial charge in [-0.3, -0.25) is 4.79 Å². The summed E-state index contributed by atoms with van der Waals surface area (Å²) in [4.78, 5) is 23.3. The van der Waals surface area contributed by atoms with E-state index in [0.29, 0.717) is 42.3 Å². The Kier molecular flexibility index (Phi) is 4.09. The van der Waals surface area contributed by atoms with Crippen LogP contribution in [0.2, 0.25) is 5.15 Å². The molecule has 18 heavy (non-hydrogen) atoms. The number of rotatable bonds is 5. The Bertz CT molecular complexity index is 555. The first-order chi connectivity index (χ1) is 8.72. The molecular weight excluding hydrogens is 256 g/mol. The van der Waals surface area contributed by atoms with Crippen molar-refractivity contribution in [2.24, 2.45) is 0 Å². The molecule has 0 aliphatic heterocycles. The molecule has 2 rings (SSSR count). The minimum Gasteiger partial charge on any atom is -0.466 e. The van der Waals surface area contributed by atoms with Crippen LogP contribution in [0.25, 0.3) is 11.2 Å². The lowest BCUT2D eigenvalue weighted by Crippen LogP contribution is -2.06. The van der Waals surface area contributed by atoms with Gasteiger partial charge in [0.15, 0.2) is 10.8 Å². The zero-order valence-corrected chi connectivity index (χ0v) is 10.7. The summed E-state index contributed by atoms with van der Waals surface area (Å²) in [7, 11) is 0. The number of fused-ring (bicyclic) bond motifs is 1. The summed E-state index contributed by atoms with van der Waals surface area (Å²) in [5.41, 5.74) is 1.26. The van der Waals surface area contributed by atoms with Crippen molar-refractivity contribution in [1.82, 2.24) is 19.5 Å². The van der Waals surface area contributed by atoms with Gasteiger partial charge in [0.1, 0.15) is 11.8 Å². The van der Waals surface area contributed by atoms with E-state index in [1.807, 2.05) is 4.57 Å². The first kappa shape index (κ1) is 12.8. The Morgan fingerprint density at radius 3 is 3.06 bits per heavy atom. The maximum absolute atomic E-state index is 11.2. The molecule has 2 heterocycles. The molecule has 0 saturated carbocycles. The first-order valence-corrected chi connectivity index (χ1v) is 6.07. The predicted molar refractivity (Wildman–Crippen MR) is 66.2 cm³/mol. The summed E-state index contributed by atoms with van der Waals surface area (Å²) in [5.74, 6) is -0.186. The average Bonchev–Trinajstić information content (AvgIpc) is 2.75. The number of hydrogen-bond acceptors (Lipinski definition) is 5. The maximum Gasteiger partial charge on any atom is 0.305 e. The Balaban J connectivity index is 2.00. The van der Waals surface area contributed by atoms with E-state index in [1.54, 1.807) is 13.3 Å². The van der Waals surface area contributed by atoms with Crippen LogP contribution >= 0.6 is 11.6 Å². The molecule has 96 valence electrons. The average molecular weight is 269 g/mol. The second-order valence-electron chi connectivity index (χ2n) is 3.68. The van der Waals surface area contributed by atoms with Crippen LogP contribution in [0.4, 0.5) is 0 Å². The van der Waals surface area contributed by atoms with Crippen LogP contribution in [0.3, 0.4) is 0 Å². The van der Waals surface area contributed by atoms with Crippen molar-refractivity contribution in [3.05, 3.63) is 17.8 Å². The third-order valence-corrected chi connectivity index (χ3v) is 2.72. The summed E-state index contributed by atoms with van der Waals surface area (Å²) in [6, 6.07) is 0. The smallest absolute Gasteiger partial charge is 0.305 e. The molecule has 0 unspecified atom stereocenters. The molecule has 7 heteroatoms. The fourth-order valence-corrected chi connectivity index (χ4v) is 1.82. The van der Waals surface area contributed by atoms with Crippen LogP contribution in [-0.4, -0.2) is 32.1 Å². The lowest BCUT2D eigenvalue weighted by Gasteiger charge is -2.03. The van der Waals surface area contributed by atoms with E-state index in [0.717, 1.165) is 0 Å². The second kappa shape index (κ2) is 5.77. The van der Waals surface area contributed by atoms with Gasteiger partial charge in [-0.2, -0.15) is 0 Å². The topological polar surface area (TPSA) is 69.9 Å². The molecular formula is C11H13ClN4O2. The number of halogens is 1. The van der Waals surface area contributed by atoms with Gasteiger partial charge in [-0.15, -0.1) is 0 Å². The Labute approximate surface area is 109 Å². The zero-order valence-electron chi connectivity index (χ0n) is 9.97. The molecule has 0 atom stereocenters. The van der Waals surface area contributed by atoms with Gasteiger partial charge in [0.05, 0.1) is 12.9 Å². The highest BCUT2D eigenvalue weighted by Crippen LogP contribution is 2.17. The summed E-state index contributed by atoms with van der Waals surface area (Å²) in [5, 5.41) is 0.337. The molecule has 0 saturated heterocycles. The van der Waals surface area contributed by atoms with Gasteiger partial charge in [0.25, 0.3) is 0 Å². The normalized spacial score (nSPS) is 10.8. The molecule has 0 N–H and O–H groups in total. The molecule has 0 aliphatic carbocycles. The number of aryl methyl sites for hydroxylation is 1. The number of nitrogens with zero attached hydrogens (tertiary/aromatic N) is 4. The van der Waals surface area contributed by atoms with Gasteiger partial charge in [-0.1, -0.05) is 11.6 Å². The molecule has 2 aromatic rings. The molecule has 2 aromatic heterocycles. The molecule has 0 bridgehead atoms. The number of carbonyl (C=O) groups is 1. The summed E-state index contributed by atoms with van der Waals surface area (Å²) < 4.78 is 6.71. The van der Waals surface area contributed by atoms with Gasteiger partial charge in [-0.25, -0.2) is 15.0 Å². The number of carbonyl (C=O) groups excluding carboxylic acids is 1. The van der Waals surface area contributed by atoms with Crippen molar-refractivity contribution in [1.29, 1.82) is 0 Å². The van der Waals surface area contributed by atoms with E-state index in [1.165, 1.54) is 6.33 Å². The van der Waals surface area contributed by atoms with Crippen LogP contribution in [-0.2, 0) is 16.1 Å². The van der Waals surface area contributed by atoms with Crippen LogP contribution in [0.1, 0.15) is 19.8 Å². The van der Waals surface area contributed by atoms with Crippen LogP contribution < -0.4 is 0 Å². The summed E-state index contributed by atoms with van der Waals surface area (Å²) in [6.07, 6.45) is 4.10. The van der Waals surface area contributed by atoms with Crippen molar-refractivity contribution in [2.75, 3.05) is 6.61 Å². The van der Waals surface area contributed by atoms with Crippen molar-refractivity contribution in [3.63, 3.8) is 0 Å². The van der Waals surface area contributed by atoms with Crippen molar-refractivity contribution in [2.45, 2.75) is 26.3 Å². The highest BCUT2D eigenvalue weighted by Gasteiger charge is 2.08. The molecule has 0 aromatic carbocycles. The van der Waals surface area contributed by atoms with E-state index in [2.05, 4.69) is 15.0 Å². The van der Waals surface area contributed by atoms with Crippen molar-refractivity contribution in [3.8, 4) is 0 Å². The van der Waals surface area contributed by atoms with Crippen molar-refractivity contribution < 1.29 is 9.53 Å². The van der Waals surface area contributed by atoms with Crippen LogP contribution in [0.5, 0.6) is 0 Å². The molecule has 0 spiro atoms. The van der Waals surface area contributed by atoms with Gasteiger partial charge in [-0.05, 0) is 13.3 Å². The lowest BCUT2D eigenvalue weighted by atomic mass is 10.3. The number of imidazole rings is 1. The van der Waals surface area contributed by atoms with E-state index in [9.17, 15) is 4.79 Å². The third-order valence-electron chi connectivity index (χ3n) is 2.44. The molecule has 0 radical (unpaired) electrons. The quantitative estimate of drug-likeness (QED) is 0.611. The minimum atomic E-state index is -0.186. The SMILES string of the molecule is CCOC(=O)CCCn1cnc2c(Cl)ncnc21. The number of esters is 1. The number of ether oxygens (including phenoxy) is 1. The standard InChI is InChI=1S/C11H13ClN4O2/c1-2-18-8(17)4-3-5-16-7-15-9-10(12)13-6-14-11(9)16/h6-7H,2-5H2,1H3. The van der Waals surface area contributed by atoms with Crippen molar-refractivity contribution >= 4 is 28.7 Å². The molecule has 0 aliphatic rings. The molecule has 0 amide bonds. The molecule has 6 nitrogen and oxygen atoms in total. The fourth-order valence-electron chi connectivity index (χ4n) is 1.64. The maximum atomic E-state index is 11.2. The third kappa shape index (κ3) is 2.76. The fraction of sp³-hybridized carbons (Fsp3) is 0.455. The largest absolute Gasteiger partial charge is 0.466 e. The predicted octanol–water partition coefficient (Wildman–Crippen LogP) is 1.82. The highest BCUT2D eigenvalue weighted by molar-refractivity contribution is 6.33. The Morgan fingerprint density at radius 2 is 2.28 bits per heavy atom. The van der Waals surface area contributed by atoms with Crippen LogP contribution in [0, 0.1) is 0 Å². The summed E-state index contributed by atoms with van der Waals surface area (Å²) in [6.45, 7) is 2.85. The van der Waals surface area contributed by atoms with E-state index >= 15 is 0 Å². The van der Waals surface area contributed by atoms with Gasteiger partial charge < -0.3 is 9.30 Å². The second-order valence-corrected chi connectivity index (χ2v) is 4.04. The van der Waals surface area contributed by atoms with E-state index < -0.39 is 0 Å². The number of hydrogen-bond donors (Lipinski definition) is 0. The van der Waals surface area contributed by atoms with Gasteiger partial charge in [0.2, 0.25) is 0 Å². The van der Waals surface area contributed by atoms with Crippen LogP contribution in [0.15, 0.2) is 12.7 Å². The Morgan fingerprint density at radius 1 is 1.44 bits per heavy atom. The monoisotopic (exact) mass is 268 g/mol. The highest BCUT2D eigenvalue weighted by atomic mass is 35.5. The Hall–Kier alpha value is -1.69. The minimum absolute atomic E-state index is 0.186. The lowest BCUT2D eigenvalue weighted by molar-refractivity contribution is -0.143.